The molecule has 3 rings (SSSR count). The lowest BCUT2D eigenvalue weighted by molar-refractivity contribution is 0.00578. The van der Waals surface area contributed by atoms with Crippen LogP contribution in [-0.4, -0.2) is 23.3 Å². The first-order chi connectivity index (χ1) is 11.3. The summed E-state index contributed by atoms with van der Waals surface area (Å²) in [4.78, 5) is 4.66. The molecule has 1 aromatic carbocycles. The van der Waals surface area contributed by atoms with Crippen molar-refractivity contribution >= 4 is 18.4 Å². The van der Waals surface area contributed by atoms with Crippen molar-refractivity contribution in [3.63, 3.8) is 0 Å². The second-order valence-electron chi connectivity index (χ2n) is 7.30. The number of hydrogen-bond acceptors (Lipinski definition) is 4. The second kappa shape index (κ2) is 6.23. The molecule has 0 saturated carbocycles. The number of pyridine rings is 1. The van der Waals surface area contributed by atoms with Gasteiger partial charge in [0.1, 0.15) is 5.82 Å². The highest BCUT2D eigenvalue weighted by Crippen LogP contribution is 2.36. The molecular formula is C19H25BN2O2. The van der Waals surface area contributed by atoms with Crippen LogP contribution in [-0.2, 0) is 15.9 Å². The summed E-state index contributed by atoms with van der Waals surface area (Å²) in [5, 5.41) is 3.36. The van der Waals surface area contributed by atoms with Crippen LogP contribution in [0.2, 0.25) is 0 Å². The Balaban J connectivity index is 1.72. The molecule has 126 valence electrons. The Labute approximate surface area is 144 Å². The van der Waals surface area contributed by atoms with Gasteiger partial charge in [0, 0.05) is 17.7 Å². The molecule has 2 aromatic rings. The number of anilines is 1. The molecule has 1 N–H and O–H groups in total. The van der Waals surface area contributed by atoms with E-state index in [1.807, 2.05) is 37.3 Å². The summed E-state index contributed by atoms with van der Waals surface area (Å²) in [6.07, 6.45) is 0. The number of aryl methyl sites for hydroxylation is 1. The highest BCUT2D eigenvalue weighted by atomic mass is 16.7. The summed E-state index contributed by atoms with van der Waals surface area (Å²) in [5.74, 6) is 0.858. The van der Waals surface area contributed by atoms with Gasteiger partial charge in [0.05, 0.1) is 11.2 Å². The van der Waals surface area contributed by atoms with Crippen molar-refractivity contribution in [2.75, 3.05) is 5.32 Å². The van der Waals surface area contributed by atoms with Gasteiger partial charge in [-0.3, -0.25) is 0 Å². The van der Waals surface area contributed by atoms with E-state index >= 15 is 0 Å². The first kappa shape index (κ1) is 17.0. The quantitative estimate of drug-likeness (QED) is 0.877. The van der Waals surface area contributed by atoms with Crippen LogP contribution in [0.3, 0.4) is 0 Å². The van der Waals surface area contributed by atoms with Crippen LogP contribution < -0.4 is 10.8 Å². The van der Waals surface area contributed by atoms with Gasteiger partial charge < -0.3 is 14.6 Å². The van der Waals surface area contributed by atoms with Gasteiger partial charge in [-0.15, -0.1) is 0 Å². The zero-order valence-electron chi connectivity index (χ0n) is 15.1. The van der Waals surface area contributed by atoms with E-state index in [0.717, 1.165) is 23.5 Å². The largest absolute Gasteiger partial charge is 0.496 e. The molecule has 0 bridgehead atoms. The molecule has 1 aliphatic rings. The molecule has 0 unspecified atom stereocenters. The standard InChI is InChI=1S/C19H25BN2O2/c1-14-16(20-23-18(2,3)19(4,5)24-20)11-12-17(22-14)21-13-15-9-7-6-8-10-15/h6-12H,13H2,1-5H3,(H,21,22). The van der Waals surface area contributed by atoms with E-state index in [0.29, 0.717) is 0 Å². The van der Waals surface area contributed by atoms with Crippen molar-refractivity contribution in [1.29, 1.82) is 0 Å². The van der Waals surface area contributed by atoms with Crippen molar-refractivity contribution in [2.45, 2.75) is 52.4 Å². The van der Waals surface area contributed by atoms with E-state index in [2.05, 4.69) is 50.1 Å². The third-order valence-electron chi connectivity index (χ3n) is 4.95. The molecular weight excluding hydrogens is 299 g/mol. The minimum absolute atomic E-state index is 0.339. The van der Waals surface area contributed by atoms with Gasteiger partial charge in [-0.05, 0) is 46.2 Å². The monoisotopic (exact) mass is 324 g/mol. The van der Waals surface area contributed by atoms with Crippen molar-refractivity contribution in [2.24, 2.45) is 0 Å². The number of rotatable bonds is 4. The summed E-state index contributed by atoms with van der Waals surface area (Å²) in [6, 6.07) is 14.3. The normalized spacial score (nSPS) is 18.6. The number of benzene rings is 1. The zero-order valence-corrected chi connectivity index (χ0v) is 15.1. The molecule has 0 radical (unpaired) electrons. The van der Waals surface area contributed by atoms with Crippen molar-refractivity contribution < 1.29 is 9.31 Å². The van der Waals surface area contributed by atoms with E-state index in [9.17, 15) is 0 Å². The Morgan fingerprint density at radius 2 is 1.58 bits per heavy atom. The zero-order chi connectivity index (χ0) is 17.4. The molecule has 0 aliphatic carbocycles. The van der Waals surface area contributed by atoms with Crippen LogP contribution in [0.25, 0.3) is 0 Å². The fourth-order valence-corrected chi connectivity index (χ4v) is 2.68. The number of hydrogen-bond donors (Lipinski definition) is 1. The lowest BCUT2D eigenvalue weighted by Gasteiger charge is -2.32. The fraction of sp³-hybridized carbons (Fsp3) is 0.421. The van der Waals surface area contributed by atoms with E-state index in [-0.39, 0.29) is 18.3 Å². The van der Waals surface area contributed by atoms with Gasteiger partial charge in [0.2, 0.25) is 0 Å². The molecule has 1 aliphatic heterocycles. The SMILES string of the molecule is Cc1nc(NCc2ccccc2)ccc1B1OC(C)(C)C(C)(C)O1. The Morgan fingerprint density at radius 3 is 2.17 bits per heavy atom. The maximum Gasteiger partial charge on any atom is 0.496 e. The van der Waals surface area contributed by atoms with E-state index in [1.165, 1.54) is 5.56 Å². The summed E-state index contributed by atoms with van der Waals surface area (Å²) in [5.41, 5.74) is 2.46. The minimum Gasteiger partial charge on any atom is -0.399 e. The molecule has 24 heavy (non-hydrogen) atoms. The molecule has 0 atom stereocenters. The summed E-state index contributed by atoms with van der Waals surface area (Å²) < 4.78 is 12.2. The van der Waals surface area contributed by atoms with Crippen LogP contribution in [0, 0.1) is 6.92 Å². The summed E-state index contributed by atoms with van der Waals surface area (Å²) in [7, 11) is -0.370. The average Bonchev–Trinajstić information content (AvgIpc) is 2.74. The predicted octanol–water partition coefficient (Wildman–Crippen LogP) is 3.30. The first-order valence-corrected chi connectivity index (χ1v) is 8.39. The number of nitrogens with zero attached hydrogens (tertiary/aromatic N) is 1. The molecule has 4 nitrogen and oxygen atoms in total. The van der Waals surface area contributed by atoms with Gasteiger partial charge in [0.25, 0.3) is 0 Å². The average molecular weight is 324 g/mol. The van der Waals surface area contributed by atoms with Gasteiger partial charge in [-0.1, -0.05) is 36.4 Å². The van der Waals surface area contributed by atoms with E-state index in [1.54, 1.807) is 0 Å². The Morgan fingerprint density at radius 1 is 0.958 bits per heavy atom. The first-order valence-electron chi connectivity index (χ1n) is 8.39. The van der Waals surface area contributed by atoms with Crippen molar-refractivity contribution in [3.05, 3.63) is 53.7 Å². The van der Waals surface area contributed by atoms with Crippen LogP contribution in [0.5, 0.6) is 0 Å². The molecule has 5 heteroatoms. The lowest BCUT2D eigenvalue weighted by atomic mass is 9.78. The lowest BCUT2D eigenvalue weighted by Crippen LogP contribution is -2.41. The fourth-order valence-electron chi connectivity index (χ4n) is 2.68. The second-order valence-corrected chi connectivity index (χ2v) is 7.30. The highest BCUT2D eigenvalue weighted by Gasteiger charge is 2.52. The molecule has 1 saturated heterocycles. The third kappa shape index (κ3) is 3.33. The van der Waals surface area contributed by atoms with E-state index in [4.69, 9.17) is 9.31 Å². The molecule has 0 amide bonds. The van der Waals surface area contributed by atoms with Crippen molar-refractivity contribution in [3.8, 4) is 0 Å². The van der Waals surface area contributed by atoms with Gasteiger partial charge in [-0.2, -0.15) is 0 Å². The van der Waals surface area contributed by atoms with Gasteiger partial charge in [0.15, 0.2) is 0 Å². The number of aromatic nitrogens is 1. The maximum atomic E-state index is 6.12. The van der Waals surface area contributed by atoms with Crippen LogP contribution in [0.15, 0.2) is 42.5 Å². The third-order valence-corrected chi connectivity index (χ3v) is 4.95. The Kier molecular flexibility index (Phi) is 4.41. The molecule has 1 fully saturated rings. The highest BCUT2D eigenvalue weighted by molar-refractivity contribution is 6.62. The molecule has 0 spiro atoms. The Bertz CT molecular complexity index is 701. The Hall–Kier alpha value is -1.85. The summed E-state index contributed by atoms with van der Waals surface area (Å²) >= 11 is 0. The van der Waals surface area contributed by atoms with Crippen LogP contribution in [0.1, 0.15) is 39.0 Å². The molecule has 1 aromatic heterocycles. The van der Waals surface area contributed by atoms with Crippen LogP contribution in [0.4, 0.5) is 5.82 Å². The predicted molar refractivity (Wildman–Crippen MR) is 98.5 cm³/mol. The van der Waals surface area contributed by atoms with Crippen molar-refractivity contribution in [1.82, 2.24) is 4.98 Å². The van der Waals surface area contributed by atoms with Gasteiger partial charge >= 0.3 is 7.12 Å². The van der Waals surface area contributed by atoms with Gasteiger partial charge in [-0.25, -0.2) is 4.98 Å². The number of nitrogens with one attached hydrogen (secondary N) is 1. The van der Waals surface area contributed by atoms with E-state index < -0.39 is 0 Å². The summed E-state index contributed by atoms with van der Waals surface area (Å²) in [6.45, 7) is 11.0. The topological polar surface area (TPSA) is 43.4 Å². The minimum atomic E-state index is -0.370. The smallest absolute Gasteiger partial charge is 0.399 e. The molecule has 2 heterocycles. The van der Waals surface area contributed by atoms with Crippen LogP contribution >= 0.6 is 0 Å². The maximum absolute atomic E-state index is 6.12.